The van der Waals surface area contributed by atoms with E-state index < -0.39 is 0 Å². The second kappa shape index (κ2) is 8.17. The van der Waals surface area contributed by atoms with E-state index in [1.54, 1.807) is 0 Å². The van der Waals surface area contributed by atoms with Crippen molar-refractivity contribution in [1.29, 1.82) is 0 Å². The molecule has 0 amide bonds. The summed E-state index contributed by atoms with van der Waals surface area (Å²) in [5.74, 6) is 1.82. The summed E-state index contributed by atoms with van der Waals surface area (Å²) in [7, 11) is 0. The van der Waals surface area contributed by atoms with Crippen LogP contribution >= 0.6 is 0 Å². The van der Waals surface area contributed by atoms with Crippen molar-refractivity contribution in [3.63, 3.8) is 0 Å². The van der Waals surface area contributed by atoms with E-state index >= 15 is 0 Å². The van der Waals surface area contributed by atoms with Crippen LogP contribution in [0, 0.1) is 0 Å². The molecule has 0 radical (unpaired) electrons. The van der Waals surface area contributed by atoms with Gasteiger partial charge in [0.1, 0.15) is 38.0 Å². The Kier molecular flexibility index (Phi) is 4.56. The van der Waals surface area contributed by atoms with Gasteiger partial charge in [0.15, 0.2) is 17.5 Å². The van der Waals surface area contributed by atoms with Crippen LogP contribution in [0.2, 0.25) is 0 Å². The Bertz CT molecular complexity index is 1870. The average molecular weight is 465 g/mol. The Morgan fingerprint density at radius 3 is 1.50 bits per heavy atom. The van der Waals surface area contributed by atoms with Crippen molar-refractivity contribution in [3.8, 4) is 34.2 Å². The number of hydrogen-bond donors (Lipinski definition) is 0. The third-order valence-corrected chi connectivity index (χ3v) is 6.17. The standard InChI is InChI=1S/C27H15N9/c1-2-4-20-18(3-1)22(26-33-12-29-13-34-26)8-17-9-23(27-35-14-30-15-36-27)19-6-5-16(7-21(19)24(17)20)25-31-10-28-11-32-25/h1-15H. The van der Waals surface area contributed by atoms with Crippen LogP contribution in [0.1, 0.15) is 0 Å². The Balaban J connectivity index is 1.65. The lowest BCUT2D eigenvalue weighted by Gasteiger charge is -2.15. The Morgan fingerprint density at radius 2 is 0.917 bits per heavy atom. The van der Waals surface area contributed by atoms with Crippen LogP contribution in [0.15, 0.2) is 92.6 Å². The number of nitrogens with zero attached hydrogens (tertiary/aromatic N) is 9. The normalized spacial score (nSPS) is 11.3. The van der Waals surface area contributed by atoms with Crippen molar-refractivity contribution in [1.82, 2.24) is 44.9 Å². The summed E-state index contributed by atoms with van der Waals surface area (Å²) in [4.78, 5) is 38.4. The van der Waals surface area contributed by atoms with Crippen LogP contribution in [0.3, 0.4) is 0 Å². The van der Waals surface area contributed by atoms with Gasteiger partial charge in [-0.05, 0) is 50.5 Å². The topological polar surface area (TPSA) is 116 Å². The Hall–Kier alpha value is -5.31. The van der Waals surface area contributed by atoms with E-state index in [-0.39, 0.29) is 0 Å². The quantitative estimate of drug-likeness (QED) is 0.342. The summed E-state index contributed by atoms with van der Waals surface area (Å²) in [6, 6.07) is 18.7. The van der Waals surface area contributed by atoms with E-state index in [2.05, 4.69) is 81.3 Å². The van der Waals surface area contributed by atoms with E-state index in [9.17, 15) is 0 Å². The van der Waals surface area contributed by atoms with Gasteiger partial charge in [-0.1, -0.05) is 36.4 Å². The Morgan fingerprint density at radius 1 is 0.417 bits per heavy atom. The molecule has 3 heterocycles. The summed E-state index contributed by atoms with van der Waals surface area (Å²) in [6.07, 6.45) is 9.05. The van der Waals surface area contributed by atoms with Gasteiger partial charge in [0.2, 0.25) is 0 Å². The molecule has 0 aliphatic rings. The average Bonchev–Trinajstić information content (AvgIpc) is 2.97. The monoisotopic (exact) mass is 465 g/mol. The molecule has 0 atom stereocenters. The van der Waals surface area contributed by atoms with Crippen LogP contribution in [-0.4, -0.2) is 44.9 Å². The van der Waals surface area contributed by atoms with E-state index in [1.807, 2.05) is 18.2 Å². The minimum atomic E-state index is 0.597. The second-order valence-corrected chi connectivity index (χ2v) is 8.14. The van der Waals surface area contributed by atoms with Gasteiger partial charge in [-0.15, -0.1) is 0 Å². The van der Waals surface area contributed by atoms with Crippen molar-refractivity contribution in [3.05, 3.63) is 92.6 Å². The first-order valence-electron chi connectivity index (χ1n) is 11.2. The molecule has 7 rings (SSSR count). The number of rotatable bonds is 3. The van der Waals surface area contributed by atoms with Gasteiger partial charge < -0.3 is 0 Å². The third kappa shape index (κ3) is 3.22. The number of benzene rings is 4. The molecule has 0 fully saturated rings. The van der Waals surface area contributed by atoms with Crippen LogP contribution in [-0.2, 0) is 0 Å². The van der Waals surface area contributed by atoms with E-state index in [0.29, 0.717) is 17.5 Å². The molecule has 0 saturated heterocycles. The highest BCUT2D eigenvalue weighted by Gasteiger charge is 2.17. The van der Waals surface area contributed by atoms with Crippen LogP contribution in [0.25, 0.3) is 66.5 Å². The van der Waals surface area contributed by atoms with E-state index in [0.717, 1.165) is 49.0 Å². The number of fused-ring (bicyclic) bond motifs is 5. The first kappa shape index (κ1) is 20.1. The van der Waals surface area contributed by atoms with Crippen molar-refractivity contribution in [2.45, 2.75) is 0 Å². The molecule has 3 aromatic heterocycles. The minimum absolute atomic E-state index is 0.597. The molecule has 9 nitrogen and oxygen atoms in total. The van der Waals surface area contributed by atoms with Gasteiger partial charge in [-0.3, -0.25) is 0 Å². The predicted molar refractivity (Wildman–Crippen MR) is 135 cm³/mol. The van der Waals surface area contributed by atoms with Crippen LogP contribution in [0.4, 0.5) is 0 Å². The SMILES string of the molecule is c1ccc2c(c1)c(-c1ncncn1)cc1cc(-c3ncncn3)c3ccc(-c4ncncn4)cc3c12. The molecule has 0 aliphatic carbocycles. The van der Waals surface area contributed by atoms with Gasteiger partial charge >= 0.3 is 0 Å². The fourth-order valence-electron chi connectivity index (χ4n) is 4.68. The van der Waals surface area contributed by atoms with Gasteiger partial charge in [0.05, 0.1) is 0 Å². The zero-order chi connectivity index (χ0) is 23.9. The summed E-state index contributed by atoms with van der Waals surface area (Å²) < 4.78 is 0. The largest absolute Gasteiger partial charge is 0.225 e. The summed E-state index contributed by atoms with van der Waals surface area (Å²) in [5, 5.41) is 6.32. The van der Waals surface area contributed by atoms with Gasteiger partial charge in [0, 0.05) is 16.7 Å². The molecule has 0 saturated carbocycles. The maximum atomic E-state index is 4.44. The molecule has 0 N–H and O–H groups in total. The lowest BCUT2D eigenvalue weighted by Crippen LogP contribution is -1.95. The maximum absolute atomic E-state index is 4.44. The van der Waals surface area contributed by atoms with Gasteiger partial charge in [-0.25, -0.2) is 44.9 Å². The van der Waals surface area contributed by atoms with Crippen LogP contribution < -0.4 is 0 Å². The van der Waals surface area contributed by atoms with Crippen LogP contribution in [0.5, 0.6) is 0 Å². The molecule has 0 aliphatic heterocycles. The fourth-order valence-corrected chi connectivity index (χ4v) is 4.68. The van der Waals surface area contributed by atoms with Crippen molar-refractivity contribution in [2.75, 3.05) is 0 Å². The molecule has 168 valence electrons. The van der Waals surface area contributed by atoms with E-state index in [4.69, 9.17) is 0 Å². The third-order valence-electron chi connectivity index (χ3n) is 6.17. The molecular formula is C27H15N9. The lowest BCUT2D eigenvalue weighted by molar-refractivity contribution is 1.06. The highest BCUT2D eigenvalue weighted by Crippen LogP contribution is 2.41. The molecule has 0 unspecified atom stereocenters. The molecular weight excluding hydrogens is 450 g/mol. The van der Waals surface area contributed by atoms with Crippen molar-refractivity contribution in [2.24, 2.45) is 0 Å². The summed E-state index contributed by atoms with van der Waals surface area (Å²) >= 11 is 0. The first-order valence-corrected chi connectivity index (χ1v) is 11.2. The van der Waals surface area contributed by atoms with Gasteiger partial charge in [-0.2, -0.15) is 0 Å². The molecule has 0 bridgehead atoms. The Labute approximate surface area is 204 Å². The molecule has 7 aromatic rings. The number of hydrogen-bond acceptors (Lipinski definition) is 9. The number of aromatic nitrogens is 9. The predicted octanol–water partition coefficient (Wildman–Crippen LogP) is 4.70. The lowest BCUT2D eigenvalue weighted by atomic mass is 9.90. The first-order chi connectivity index (χ1) is 17.9. The summed E-state index contributed by atoms with van der Waals surface area (Å²) in [5.41, 5.74) is 2.72. The van der Waals surface area contributed by atoms with E-state index in [1.165, 1.54) is 38.0 Å². The maximum Gasteiger partial charge on any atom is 0.163 e. The molecule has 4 aromatic carbocycles. The highest BCUT2D eigenvalue weighted by atomic mass is 15.0. The summed E-state index contributed by atoms with van der Waals surface area (Å²) in [6.45, 7) is 0. The molecule has 0 spiro atoms. The zero-order valence-electron chi connectivity index (χ0n) is 18.7. The highest BCUT2D eigenvalue weighted by molar-refractivity contribution is 6.25. The molecule has 36 heavy (non-hydrogen) atoms. The van der Waals surface area contributed by atoms with Crippen molar-refractivity contribution >= 4 is 32.3 Å². The fraction of sp³-hybridized carbons (Fsp3) is 0. The van der Waals surface area contributed by atoms with Gasteiger partial charge in [0.25, 0.3) is 0 Å². The molecule has 9 heteroatoms. The zero-order valence-corrected chi connectivity index (χ0v) is 18.7. The van der Waals surface area contributed by atoms with Crippen molar-refractivity contribution < 1.29 is 0 Å². The smallest absolute Gasteiger partial charge is 0.163 e. The second-order valence-electron chi connectivity index (χ2n) is 8.14. The minimum Gasteiger partial charge on any atom is -0.225 e.